The van der Waals surface area contributed by atoms with Crippen molar-refractivity contribution in [3.05, 3.63) is 29.8 Å². The number of nitrogens with one attached hydrogen (secondary N) is 1. The van der Waals surface area contributed by atoms with E-state index in [2.05, 4.69) is 17.3 Å². The maximum absolute atomic E-state index is 12.6. The third-order valence-electron chi connectivity index (χ3n) is 6.09. The summed E-state index contributed by atoms with van der Waals surface area (Å²) < 4.78 is 0. The Hall–Kier alpha value is -2.08. The van der Waals surface area contributed by atoms with Crippen LogP contribution in [-0.4, -0.2) is 61.5 Å². The molecule has 0 aliphatic carbocycles. The van der Waals surface area contributed by atoms with Gasteiger partial charge in [0, 0.05) is 50.2 Å². The summed E-state index contributed by atoms with van der Waals surface area (Å²) in [5.74, 6) is 0.190. The van der Waals surface area contributed by atoms with E-state index in [9.17, 15) is 9.59 Å². The molecule has 140 valence electrons. The minimum atomic E-state index is 0.0269. The molecule has 0 bridgehead atoms. The number of anilines is 1. The van der Waals surface area contributed by atoms with E-state index in [-0.39, 0.29) is 11.9 Å². The smallest absolute Gasteiger partial charge is 0.317 e. The lowest BCUT2D eigenvalue weighted by Crippen LogP contribution is -2.40. The standard InChI is InChI=1S/C20H28N4O2/c1-22-10-7-20(14-22)8-11-23(15-20)19(26)21-13-16-4-2-5-17(12-16)24-9-3-6-18(24)25/h2,4-5,12H,3,6-11,13-15H2,1H3,(H,21,26). The molecule has 3 amide bonds. The first-order chi connectivity index (χ1) is 12.5. The molecule has 6 heteroatoms. The van der Waals surface area contributed by atoms with Gasteiger partial charge in [0.15, 0.2) is 0 Å². The van der Waals surface area contributed by atoms with E-state index in [0.717, 1.165) is 56.8 Å². The molecule has 26 heavy (non-hydrogen) atoms. The molecular weight excluding hydrogens is 328 g/mol. The Bertz CT molecular complexity index is 707. The maximum atomic E-state index is 12.6. The van der Waals surface area contributed by atoms with Crippen LogP contribution in [0.25, 0.3) is 0 Å². The zero-order valence-electron chi connectivity index (χ0n) is 15.5. The van der Waals surface area contributed by atoms with Gasteiger partial charge in [-0.3, -0.25) is 4.79 Å². The van der Waals surface area contributed by atoms with Crippen molar-refractivity contribution in [2.24, 2.45) is 5.41 Å². The molecular formula is C20H28N4O2. The summed E-state index contributed by atoms with van der Waals surface area (Å²) in [6.07, 6.45) is 3.86. The van der Waals surface area contributed by atoms with Crippen molar-refractivity contribution in [3.63, 3.8) is 0 Å². The quantitative estimate of drug-likeness (QED) is 0.902. The Morgan fingerprint density at radius 2 is 2.04 bits per heavy atom. The molecule has 1 aromatic rings. The Labute approximate surface area is 155 Å². The number of likely N-dealkylation sites (tertiary alicyclic amines) is 2. The van der Waals surface area contributed by atoms with Gasteiger partial charge in [-0.05, 0) is 50.6 Å². The number of amides is 3. The monoisotopic (exact) mass is 356 g/mol. The van der Waals surface area contributed by atoms with Crippen LogP contribution in [0.15, 0.2) is 24.3 Å². The lowest BCUT2D eigenvalue weighted by Gasteiger charge is -2.24. The Kier molecular flexibility index (Phi) is 4.61. The highest BCUT2D eigenvalue weighted by molar-refractivity contribution is 5.95. The molecule has 3 heterocycles. The average molecular weight is 356 g/mol. The van der Waals surface area contributed by atoms with Gasteiger partial charge in [-0.2, -0.15) is 0 Å². The fraction of sp³-hybridized carbons (Fsp3) is 0.600. The third kappa shape index (κ3) is 3.43. The van der Waals surface area contributed by atoms with Crippen molar-refractivity contribution in [3.8, 4) is 0 Å². The summed E-state index contributed by atoms with van der Waals surface area (Å²) in [6, 6.07) is 7.97. The predicted molar refractivity (Wildman–Crippen MR) is 101 cm³/mol. The van der Waals surface area contributed by atoms with E-state index < -0.39 is 0 Å². The summed E-state index contributed by atoms with van der Waals surface area (Å²) in [5, 5.41) is 3.06. The highest BCUT2D eigenvalue weighted by Crippen LogP contribution is 2.38. The minimum Gasteiger partial charge on any atom is -0.334 e. The number of nitrogens with zero attached hydrogens (tertiary/aromatic N) is 3. The summed E-state index contributed by atoms with van der Waals surface area (Å²) in [4.78, 5) is 30.7. The van der Waals surface area contributed by atoms with E-state index >= 15 is 0 Å². The predicted octanol–water partition coefficient (Wildman–Crippen LogP) is 2.05. The van der Waals surface area contributed by atoms with Crippen LogP contribution in [0.2, 0.25) is 0 Å². The van der Waals surface area contributed by atoms with E-state index in [0.29, 0.717) is 18.4 Å². The zero-order valence-corrected chi connectivity index (χ0v) is 15.5. The largest absolute Gasteiger partial charge is 0.334 e. The van der Waals surface area contributed by atoms with Gasteiger partial charge >= 0.3 is 6.03 Å². The highest BCUT2D eigenvalue weighted by Gasteiger charge is 2.43. The molecule has 0 radical (unpaired) electrons. The van der Waals surface area contributed by atoms with Gasteiger partial charge in [-0.1, -0.05) is 12.1 Å². The van der Waals surface area contributed by atoms with Crippen LogP contribution in [0.1, 0.15) is 31.2 Å². The second-order valence-electron chi connectivity index (χ2n) is 8.14. The maximum Gasteiger partial charge on any atom is 0.317 e. The number of hydrogen-bond acceptors (Lipinski definition) is 3. The normalized spacial score (nSPS) is 26.3. The van der Waals surface area contributed by atoms with Crippen molar-refractivity contribution >= 4 is 17.6 Å². The lowest BCUT2D eigenvalue weighted by molar-refractivity contribution is -0.117. The molecule has 1 aromatic carbocycles. The van der Waals surface area contributed by atoms with Crippen LogP contribution in [0.4, 0.5) is 10.5 Å². The second kappa shape index (κ2) is 6.91. The van der Waals surface area contributed by atoms with E-state index in [1.54, 1.807) is 0 Å². The van der Waals surface area contributed by atoms with Crippen LogP contribution in [0.3, 0.4) is 0 Å². The average Bonchev–Trinajstić information content (AvgIpc) is 3.34. The fourth-order valence-electron chi connectivity index (χ4n) is 4.65. The van der Waals surface area contributed by atoms with Gasteiger partial charge in [0.2, 0.25) is 5.91 Å². The minimum absolute atomic E-state index is 0.0269. The Morgan fingerprint density at radius 3 is 2.77 bits per heavy atom. The van der Waals surface area contributed by atoms with E-state index in [4.69, 9.17) is 0 Å². The van der Waals surface area contributed by atoms with Crippen LogP contribution >= 0.6 is 0 Å². The van der Waals surface area contributed by atoms with Crippen molar-refractivity contribution in [2.45, 2.75) is 32.2 Å². The molecule has 3 aliphatic heterocycles. The number of benzene rings is 1. The van der Waals surface area contributed by atoms with E-state index in [1.807, 2.05) is 34.1 Å². The van der Waals surface area contributed by atoms with Crippen molar-refractivity contribution < 1.29 is 9.59 Å². The molecule has 0 aromatic heterocycles. The highest BCUT2D eigenvalue weighted by atomic mass is 16.2. The van der Waals surface area contributed by atoms with Crippen molar-refractivity contribution in [1.82, 2.24) is 15.1 Å². The molecule has 6 nitrogen and oxygen atoms in total. The SMILES string of the molecule is CN1CCC2(CCN(C(=O)NCc3cccc(N4CCCC4=O)c3)C2)C1. The topological polar surface area (TPSA) is 55.9 Å². The molecule has 0 saturated carbocycles. The second-order valence-corrected chi connectivity index (χ2v) is 8.14. The molecule has 1 spiro atoms. The molecule has 3 aliphatic rings. The molecule has 1 unspecified atom stereocenters. The first-order valence-corrected chi connectivity index (χ1v) is 9.65. The number of hydrogen-bond donors (Lipinski definition) is 1. The van der Waals surface area contributed by atoms with Crippen LogP contribution < -0.4 is 10.2 Å². The molecule has 1 atom stereocenters. The zero-order chi connectivity index (χ0) is 18.1. The van der Waals surface area contributed by atoms with Crippen LogP contribution in [-0.2, 0) is 11.3 Å². The third-order valence-corrected chi connectivity index (χ3v) is 6.09. The Morgan fingerprint density at radius 1 is 1.19 bits per heavy atom. The molecule has 3 fully saturated rings. The lowest BCUT2D eigenvalue weighted by atomic mass is 9.86. The van der Waals surface area contributed by atoms with Gasteiger partial charge in [0.05, 0.1) is 0 Å². The summed E-state index contributed by atoms with van der Waals surface area (Å²) in [5.41, 5.74) is 2.28. The summed E-state index contributed by atoms with van der Waals surface area (Å²) >= 11 is 0. The summed E-state index contributed by atoms with van der Waals surface area (Å²) in [7, 11) is 2.16. The van der Waals surface area contributed by atoms with Gasteiger partial charge in [0.25, 0.3) is 0 Å². The summed E-state index contributed by atoms with van der Waals surface area (Å²) in [6.45, 7) is 5.24. The Balaban J connectivity index is 1.33. The van der Waals surface area contributed by atoms with Gasteiger partial charge in [-0.15, -0.1) is 0 Å². The van der Waals surface area contributed by atoms with Gasteiger partial charge in [0.1, 0.15) is 0 Å². The number of urea groups is 1. The van der Waals surface area contributed by atoms with Crippen molar-refractivity contribution in [2.75, 3.05) is 44.7 Å². The number of rotatable bonds is 3. The molecule has 3 saturated heterocycles. The van der Waals surface area contributed by atoms with Crippen LogP contribution in [0.5, 0.6) is 0 Å². The van der Waals surface area contributed by atoms with E-state index in [1.165, 1.54) is 6.42 Å². The van der Waals surface area contributed by atoms with Crippen LogP contribution in [0, 0.1) is 5.41 Å². The van der Waals surface area contributed by atoms with Gasteiger partial charge < -0.3 is 20.0 Å². The fourth-order valence-corrected chi connectivity index (χ4v) is 4.65. The van der Waals surface area contributed by atoms with Gasteiger partial charge in [-0.25, -0.2) is 4.79 Å². The van der Waals surface area contributed by atoms with Crippen molar-refractivity contribution in [1.29, 1.82) is 0 Å². The first-order valence-electron chi connectivity index (χ1n) is 9.65. The molecule has 4 rings (SSSR count). The number of carbonyl (C=O) groups is 2. The molecule has 1 N–H and O–H groups in total. The first kappa shape index (κ1) is 17.3. The number of carbonyl (C=O) groups excluding carboxylic acids is 2.